The summed E-state index contributed by atoms with van der Waals surface area (Å²) in [7, 11) is 0. The second-order valence-corrected chi connectivity index (χ2v) is 8.82. The van der Waals surface area contributed by atoms with Gasteiger partial charge in [-0.05, 0) is 61.7 Å². The largest absolute Gasteiger partial charge is 0.396 e. The van der Waals surface area contributed by atoms with Crippen LogP contribution in [0.25, 0.3) is 0 Å². The zero-order valence-corrected chi connectivity index (χ0v) is 18.0. The summed E-state index contributed by atoms with van der Waals surface area (Å²) in [5, 5.41) is 31.5. The Labute approximate surface area is 157 Å². The number of unbranched alkanes of at least 4 members (excludes halogenated alkanes) is 1. The summed E-state index contributed by atoms with van der Waals surface area (Å²) in [4.78, 5) is 0. The van der Waals surface area contributed by atoms with E-state index in [0.717, 1.165) is 51.4 Å². The van der Waals surface area contributed by atoms with Gasteiger partial charge in [-0.25, -0.2) is 0 Å². The molecule has 5 unspecified atom stereocenters. The number of hydrogen-bond donors (Lipinski definition) is 3. The second-order valence-electron chi connectivity index (χ2n) is 8.82. The standard InChI is InChI=1S/C22H46O3/c1-8-11-12-21(9-2,13-14-22(25,10-3)17(4)5)20(24)15-18(6)19(7)16-23/h17-20,23-25H,8-16H2,1-7H3. The first kappa shape index (κ1) is 24.9. The van der Waals surface area contributed by atoms with Crippen molar-refractivity contribution in [2.45, 2.75) is 112 Å². The molecule has 0 amide bonds. The minimum atomic E-state index is -0.642. The highest BCUT2D eigenvalue weighted by Crippen LogP contribution is 2.43. The van der Waals surface area contributed by atoms with Crippen LogP contribution in [0.15, 0.2) is 0 Å². The lowest BCUT2D eigenvalue weighted by atomic mass is 9.66. The third kappa shape index (κ3) is 7.19. The number of hydrogen-bond acceptors (Lipinski definition) is 3. The summed E-state index contributed by atoms with van der Waals surface area (Å²) in [6.45, 7) is 15.0. The van der Waals surface area contributed by atoms with Gasteiger partial charge in [0.05, 0.1) is 11.7 Å². The normalized spacial score (nSPS) is 20.8. The highest BCUT2D eigenvalue weighted by atomic mass is 16.3. The van der Waals surface area contributed by atoms with E-state index in [-0.39, 0.29) is 30.0 Å². The Hall–Kier alpha value is -0.120. The Balaban J connectivity index is 5.27. The van der Waals surface area contributed by atoms with E-state index in [1.807, 2.05) is 6.92 Å². The van der Waals surface area contributed by atoms with Crippen LogP contribution in [0.2, 0.25) is 0 Å². The summed E-state index contributed by atoms with van der Waals surface area (Å²) >= 11 is 0. The Morgan fingerprint density at radius 3 is 1.84 bits per heavy atom. The van der Waals surface area contributed by atoms with Crippen molar-refractivity contribution in [1.29, 1.82) is 0 Å². The van der Waals surface area contributed by atoms with Crippen LogP contribution in [0.1, 0.15) is 99.8 Å². The first-order valence-corrected chi connectivity index (χ1v) is 10.6. The number of rotatable bonds is 14. The fraction of sp³-hybridized carbons (Fsp3) is 1.00. The van der Waals surface area contributed by atoms with E-state index in [9.17, 15) is 15.3 Å². The first-order chi connectivity index (χ1) is 11.6. The molecule has 3 heteroatoms. The smallest absolute Gasteiger partial charge is 0.0668 e. The van der Waals surface area contributed by atoms with Gasteiger partial charge < -0.3 is 15.3 Å². The van der Waals surface area contributed by atoms with Gasteiger partial charge in [0.25, 0.3) is 0 Å². The number of aliphatic hydroxyl groups excluding tert-OH is 2. The molecule has 0 aliphatic heterocycles. The lowest BCUT2D eigenvalue weighted by Gasteiger charge is -2.42. The van der Waals surface area contributed by atoms with Crippen molar-refractivity contribution in [2.75, 3.05) is 6.61 Å². The van der Waals surface area contributed by atoms with Gasteiger partial charge in [0, 0.05) is 6.61 Å². The molecule has 0 radical (unpaired) electrons. The highest BCUT2D eigenvalue weighted by molar-refractivity contribution is 4.91. The van der Waals surface area contributed by atoms with Crippen molar-refractivity contribution in [3.05, 3.63) is 0 Å². The average Bonchev–Trinajstić information content (AvgIpc) is 2.60. The Morgan fingerprint density at radius 2 is 1.44 bits per heavy atom. The first-order valence-electron chi connectivity index (χ1n) is 10.6. The molecule has 0 aliphatic rings. The van der Waals surface area contributed by atoms with E-state index in [2.05, 4.69) is 41.5 Å². The molecule has 3 N–H and O–H groups in total. The molecule has 0 aromatic carbocycles. The topological polar surface area (TPSA) is 60.7 Å². The van der Waals surface area contributed by atoms with E-state index in [0.29, 0.717) is 5.92 Å². The van der Waals surface area contributed by atoms with Gasteiger partial charge in [0.2, 0.25) is 0 Å². The van der Waals surface area contributed by atoms with Crippen LogP contribution in [0.3, 0.4) is 0 Å². The monoisotopic (exact) mass is 358 g/mol. The lowest BCUT2D eigenvalue weighted by molar-refractivity contribution is -0.0591. The minimum absolute atomic E-state index is 0.127. The summed E-state index contributed by atoms with van der Waals surface area (Å²) in [5.74, 6) is 0.727. The summed E-state index contributed by atoms with van der Waals surface area (Å²) in [6, 6.07) is 0. The van der Waals surface area contributed by atoms with Crippen LogP contribution in [0.4, 0.5) is 0 Å². The Morgan fingerprint density at radius 1 is 0.840 bits per heavy atom. The van der Waals surface area contributed by atoms with Crippen LogP contribution >= 0.6 is 0 Å². The predicted octanol–water partition coefficient (Wildman–Crippen LogP) is 5.17. The summed E-state index contributed by atoms with van der Waals surface area (Å²) in [5.41, 5.74) is -0.770. The van der Waals surface area contributed by atoms with Crippen LogP contribution in [0, 0.1) is 23.2 Å². The predicted molar refractivity (Wildman–Crippen MR) is 108 cm³/mol. The van der Waals surface area contributed by atoms with E-state index >= 15 is 0 Å². The van der Waals surface area contributed by atoms with E-state index in [1.165, 1.54) is 0 Å². The molecule has 0 heterocycles. The molecule has 0 aromatic heterocycles. The zero-order chi connectivity index (χ0) is 19.7. The van der Waals surface area contributed by atoms with Gasteiger partial charge in [-0.15, -0.1) is 0 Å². The molecule has 0 bridgehead atoms. The highest BCUT2D eigenvalue weighted by Gasteiger charge is 2.40. The molecule has 0 saturated carbocycles. The van der Waals surface area contributed by atoms with Crippen molar-refractivity contribution < 1.29 is 15.3 Å². The van der Waals surface area contributed by atoms with Crippen molar-refractivity contribution in [2.24, 2.45) is 23.2 Å². The minimum Gasteiger partial charge on any atom is -0.396 e. The molecule has 0 aromatic rings. The Kier molecular flexibility index (Phi) is 11.5. The van der Waals surface area contributed by atoms with Crippen LogP contribution in [0.5, 0.6) is 0 Å². The van der Waals surface area contributed by atoms with Crippen LogP contribution < -0.4 is 0 Å². The second kappa shape index (κ2) is 11.6. The van der Waals surface area contributed by atoms with Gasteiger partial charge in [-0.1, -0.05) is 61.3 Å². The van der Waals surface area contributed by atoms with Gasteiger partial charge in [-0.2, -0.15) is 0 Å². The molecule has 0 fully saturated rings. The molecule has 0 rings (SSSR count). The third-order valence-corrected chi connectivity index (χ3v) is 7.04. The Bertz CT molecular complexity index is 344. The van der Waals surface area contributed by atoms with E-state index in [4.69, 9.17) is 0 Å². The maximum absolute atomic E-state index is 11.1. The molecule has 152 valence electrons. The molecule has 3 nitrogen and oxygen atoms in total. The van der Waals surface area contributed by atoms with Crippen molar-refractivity contribution >= 4 is 0 Å². The van der Waals surface area contributed by atoms with Crippen molar-refractivity contribution in [1.82, 2.24) is 0 Å². The van der Waals surface area contributed by atoms with Gasteiger partial charge >= 0.3 is 0 Å². The van der Waals surface area contributed by atoms with E-state index in [1.54, 1.807) is 0 Å². The average molecular weight is 359 g/mol. The molecular formula is C22H46O3. The van der Waals surface area contributed by atoms with Gasteiger partial charge in [0.15, 0.2) is 0 Å². The quantitative estimate of drug-likeness (QED) is 0.401. The maximum atomic E-state index is 11.1. The zero-order valence-electron chi connectivity index (χ0n) is 18.0. The fourth-order valence-corrected chi connectivity index (χ4v) is 3.93. The van der Waals surface area contributed by atoms with Crippen molar-refractivity contribution in [3.8, 4) is 0 Å². The summed E-state index contributed by atoms with van der Waals surface area (Å²) < 4.78 is 0. The van der Waals surface area contributed by atoms with Crippen LogP contribution in [-0.4, -0.2) is 33.6 Å². The number of aliphatic hydroxyl groups is 3. The van der Waals surface area contributed by atoms with Crippen molar-refractivity contribution in [3.63, 3.8) is 0 Å². The van der Waals surface area contributed by atoms with Gasteiger partial charge in [-0.3, -0.25) is 0 Å². The molecule has 0 aliphatic carbocycles. The third-order valence-electron chi connectivity index (χ3n) is 7.04. The van der Waals surface area contributed by atoms with Crippen LogP contribution in [-0.2, 0) is 0 Å². The maximum Gasteiger partial charge on any atom is 0.0668 e. The summed E-state index contributed by atoms with van der Waals surface area (Å²) in [6.07, 6.45) is 6.91. The lowest BCUT2D eigenvalue weighted by Crippen LogP contribution is -2.41. The SMILES string of the molecule is CCCCC(CC)(CCC(O)(CC)C(C)C)C(O)CC(C)C(C)CO. The molecular weight excluding hydrogens is 312 g/mol. The molecule has 0 spiro atoms. The fourth-order valence-electron chi connectivity index (χ4n) is 3.93. The van der Waals surface area contributed by atoms with E-state index < -0.39 is 5.60 Å². The molecule has 25 heavy (non-hydrogen) atoms. The van der Waals surface area contributed by atoms with Gasteiger partial charge in [0.1, 0.15) is 0 Å². The molecule has 0 saturated heterocycles. The molecule has 5 atom stereocenters.